The first-order chi connectivity index (χ1) is 9.28. The largest absolute Gasteiger partial charge is 0.390 e. The zero-order valence-electron chi connectivity index (χ0n) is 11.0. The minimum atomic E-state index is -0.232. The third kappa shape index (κ3) is 2.85. The summed E-state index contributed by atoms with van der Waals surface area (Å²) in [6.07, 6.45) is 0.897. The molecule has 3 rings (SSSR count). The monoisotopic (exact) mass is 297 g/mol. The Hall–Kier alpha value is -1.43. The molecule has 0 aliphatic carbocycles. The van der Waals surface area contributed by atoms with Crippen molar-refractivity contribution in [3.05, 3.63) is 52.6 Å². The Kier molecular flexibility index (Phi) is 4.75. The van der Waals surface area contributed by atoms with Gasteiger partial charge in [-0.3, -0.25) is 4.68 Å². The molecular weight excluding hydrogens is 281 g/mol. The molecule has 1 aromatic carbocycles. The average molecular weight is 298 g/mol. The maximum absolute atomic E-state index is 12.9. The number of rotatable bonds is 3. The predicted octanol–water partition coefficient (Wildman–Crippen LogP) is 1.63. The van der Waals surface area contributed by atoms with Crippen LogP contribution in [-0.4, -0.2) is 21.4 Å². The average Bonchev–Trinajstić information content (AvgIpc) is 2.80. The van der Waals surface area contributed by atoms with Gasteiger partial charge in [0.15, 0.2) is 0 Å². The number of halogens is 2. The van der Waals surface area contributed by atoms with Crippen LogP contribution in [0.4, 0.5) is 4.39 Å². The Morgan fingerprint density at radius 3 is 2.75 bits per heavy atom. The fourth-order valence-electron chi connectivity index (χ4n) is 2.52. The number of hydrogen-bond donors (Lipinski definition) is 2. The van der Waals surface area contributed by atoms with Crippen LogP contribution in [0.25, 0.3) is 0 Å². The second kappa shape index (κ2) is 6.35. The number of aliphatic hydroxyl groups is 1. The van der Waals surface area contributed by atoms with Gasteiger partial charge < -0.3 is 10.4 Å². The Morgan fingerprint density at radius 2 is 2.05 bits per heavy atom. The number of hydrogen-bond acceptors (Lipinski definition) is 3. The SMILES string of the molecule is Cl.OCc1nn(Cc2ccc(F)cc2)c2c1CCNC2. The molecule has 0 bridgehead atoms. The van der Waals surface area contributed by atoms with Crippen molar-refractivity contribution in [2.45, 2.75) is 26.1 Å². The molecular formula is C14H17ClFN3O. The lowest BCUT2D eigenvalue weighted by Crippen LogP contribution is -2.25. The lowest BCUT2D eigenvalue weighted by molar-refractivity contribution is 0.274. The zero-order valence-corrected chi connectivity index (χ0v) is 11.8. The Balaban J connectivity index is 0.00000147. The van der Waals surface area contributed by atoms with E-state index in [1.54, 1.807) is 12.1 Å². The topological polar surface area (TPSA) is 50.1 Å². The van der Waals surface area contributed by atoms with Crippen LogP contribution in [0.1, 0.15) is 22.5 Å². The molecule has 0 amide bonds. The van der Waals surface area contributed by atoms with Crippen LogP contribution in [-0.2, 0) is 26.1 Å². The van der Waals surface area contributed by atoms with Gasteiger partial charge in [-0.2, -0.15) is 5.10 Å². The van der Waals surface area contributed by atoms with Crippen LogP contribution in [0, 0.1) is 5.82 Å². The van der Waals surface area contributed by atoms with E-state index in [2.05, 4.69) is 10.4 Å². The van der Waals surface area contributed by atoms with Gasteiger partial charge in [0.2, 0.25) is 0 Å². The van der Waals surface area contributed by atoms with Crippen LogP contribution < -0.4 is 5.32 Å². The molecule has 108 valence electrons. The molecule has 20 heavy (non-hydrogen) atoms. The van der Waals surface area contributed by atoms with E-state index < -0.39 is 0 Å². The lowest BCUT2D eigenvalue weighted by atomic mass is 10.1. The van der Waals surface area contributed by atoms with E-state index in [-0.39, 0.29) is 24.8 Å². The summed E-state index contributed by atoms with van der Waals surface area (Å²) in [6, 6.07) is 6.43. The fraction of sp³-hybridized carbons (Fsp3) is 0.357. The Bertz CT molecular complexity index is 583. The quantitative estimate of drug-likeness (QED) is 0.905. The van der Waals surface area contributed by atoms with Crippen molar-refractivity contribution >= 4 is 12.4 Å². The van der Waals surface area contributed by atoms with Crippen LogP contribution in [0.3, 0.4) is 0 Å². The van der Waals surface area contributed by atoms with Crippen molar-refractivity contribution < 1.29 is 9.50 Å². The van der Waals surface area contributed by atoms with Gasteiger partial charge in [0, 0.05) is 12.1 Å². The minimum absolute atomic E-state index is 0. The van der Waals surface area contributed by atoms with Gasteiger partial charge in [0.25, 0.3) is 0 Å². The van der Waals surface area contributed by atoms with Crippen molar-refractivity contribution in [2.24, 2.45) is 0 Å². The second-order valence-corrected chi connectivity index (χ2v) is 4.74. The van der Waals surface area contributed by atoms with Gasteiger partial charge >= 0.3 is 0 Å². The van der Waals surface area contributed by atoms with E-state index in [0.29, 0.717) is 6.54 Å². The van der Waals surface area contributed by atoms with Crippen molar-refractivity contribution in [2.75, 3.05) is 6.54 Å². The molecule has 0 unspecified atom stereocenters. The molecule has 1 aromatic heterocycles. The number of fused-ring (bicyclic) bond motifs is 1. The lowest BCUT2D eigenvalue weighted by Gasteiger charge is -2.15. The summed E-state index contributed by atoms with van der Waals surface area (Å²) < 4.78 is 14.8. The molecule has 2 aromatic rings. The van der Waals surface area contributed by atoms with Crippen LogP contribution >= 0.6 is 12.4 Å². The molecule has 1 aliphatic rings. The van der Waals surface area contributed by atoms with E-state index in [4.69, 9.17) is 0 Å². The Morgan fingerprint density at radius 1 is 1.30 bits per heavy atom. The first-order valence-electron chi connectivity index (χ1n) is 6.41. The van der Waals surface area contributed by atoms with Crippen LogP contribution in [0.5, 0.6) is 0 Å². The van der Waals surface area contributed by atoms with Crippen LogP contribution in [0.15, 0.2) is 24.3 Å². The van der Waals surface area contributed by atoms with Crippen LogP contribution in [0.2, 0.25) is 0 Å². The molecule has 0 atom stereocenters. The molecule has 0 fully saturated rings. The summed E-state index contributed by atoms with van der Waals surface area (Å²) in [5.41, 5.74) is 4.04. The summed E-state index contributed by atoms with van der Waals surface area (Å²) >= 11 is 0. The summed E-state index contributed by atoms with van der Waals surface area (Å²) in [5, 5.41) is 17.1. The highest BCUT2D eigenvalue weighted by Gasteiger charge is 2.19. The first kappa shape index (κ1) is 15.0. The maximum atomic E-state index is 12.9. The highest BCUT2D eigenvalue weighted by Crippen LogP contribution is 2.19. The molecule has 4 nitrogen and oxygen atoms in total. The minimum Gasteiger partial charge on any atom is -0.390 e. The molecule has 6 heteroatoms. The number of nitrogens with zero attached hydrogens (tertiary/aromatic N) is 2. The molecule has 0 saturated heterocycles. The van der Waals surface area contributed by atoms with E-state index in [0.717, 1.165) is 42.0 Å². The van der Waals surface area contributed by atoms with Crippen molar-refractivity contribution in [3.8, 4) is 0 Å². The molecule has 0 spiro atoms. The van der Waals surface area contributed by atoms with Gasteiger partial charge in [-0.15, -0.1) is 12.4 Å². The zero-order chi connectivity index (χ0) is 13.2. The summed E-state index contributed by atoms with van der Waals surface area (Å²) in [7, 11) is 0. The van der Waals surface area contributed by atoms with E-state index in [9.17, 15) is 9.50 Å². The predicted molar refractivity (Wildman–Crippen MR) is 76.3 cm³/mol. The van der Waals surface area contributed by atoms with Gasteiger partial charge in [-0.05, 0) is 30.7 Å². The summed E-state index contributed by atoms with van der Waals surface area (Å²) in [6.45, 7) is 2.26. The molecule has 0 saturated carbocycles. The van der Waals surface area contributed by atoms with E-state index in [1.807, 2.05) is 4.68 Å². The summed E-state index contributed by atoms with van der Waals surface area (Å²) in [5.74, 6) is -0.232. The molecule has 1 aliphatic heterocycles. The fourth-order valence-corrected chi connectivity index (χ4v) is 2.52. The first-order valence-corrected chi connectivity index (χ1v) is 6.41. The normalized spacial score (nSPS) is 13.7. The highest BCUT2D eigenvalue weighted by molar-refractivity contribution is 5.85. The molecule has 2 heterocycles. The van der Waals surface area contributed by atoms with E-state index in [1.165, 1.54) is 12.1 Å². The number of nitrogens with one attached hydrogen (secondary N) is 1. The second-order valence-electron chi connectivity index (χ2n) is 4.74. The summed E-state index contributed by atoms with van der Waals surface area (Å²) in [4.78, 5) is 0. The third-order valence-electron chi connectivity index (χ3n) is 3.49. The Labute approximate surface area is 123 Å². The number of benzene rings is 1. The molecule has 2 N–H and O–H groups in total. The third-order valence-corrected chi connectivity index (χ3v) is 3.49. The smallest absolute Gasteiger partial charge is 0.123 e. The van der Waals surface area contributed by atoms with Gasteiger partial charge in [0.05, 0.1) is 24.5 Å². The standard InChI is InChI=1S/C14H16FN3O.ClH/c15-11-3-1-10(2-4-11)8-18-14-7-16-6-5-12(14)13(9-19)17-18;/h1-4,16,19H,5-9H2;1H. The number of aromatic nitrogens is 2. The van der Waals surface area contributed by atoms with Gasteiger partial charge in [-0.25, -0.2) is 4.39 Å². The maximum Gasteiger partial charge on any atom is 0.123 e. The van der Waals surface area contributed by atoms with Crippen molar-refractivity contribution in [1.29, 1.82) is 0 Å². The highest BCUT2D eigenvalue weighted by atomic mass is 35.5. The molecule has 0 radical (unpaired) electrons. The number of aliphatic hydroxyl groups excluding tert-OH is 1. The van der Waals surface area contributed by atoms with Gasteiger partial charge in [0.1, 0.15) is 5.82 Å². The van der Waals surface area contributed by atoms with E-state index >= 15 is 0 Å². The van der Waals surface area contributed by atoms with Crippen molar-refractivity contribution in [3.63, 3.8) is 0 Å². The van der Waals surface area contributed by atoms with Crippen molar-refractivity contribution in [1.82, 2.24) is 15.1 Å². The van der Waals surface area contributed by atoms with Gasteiger partial charge in [-0.1, -0.05) is 12.1 Å².